The Balaban J connectivity index is 1.82. The van der Waals surface area contributed by atoms with Gasteiger partial charge in [-0.1, -0.05) is 0 Å². The van der Waals surface area contributed by atoms with Crippen LogP contribution in [0.3, 0.4) is 0 Å². The van der Waals surface area contributed by atoms with Crippen molar-refractivity contribution in [1.82, 2.24) is 0 Å². The van der Waals surface area contributed by atoms with Gasteiger partial charge in [0.2, 0.25) is 0 Å². The van der Waals surface area contributed by atoms with Crippen LogP contribution in [-0.2, 0) is 4.74 Å². The van der Waals surface area contributed by atoms with Gasteiger partial charge in [-0.05, 0) is 25.1 Å². The van der Waals surface area contributed by atoms with Crippen LogP contribution in [0.4, 0.5) is 0 Å². The third kappa shape index (κ3) is 3.56. The maximum atomic E-state index is 12.8. The Kier molecular flexibility index (Phi) is 5.26. The monoisotopic (exact) mass is 430 g/mol. The number of ether oxygens (including phenoxy) is 2. The molecular weight excluding hydrogens is 408 g/mol. The molecule has 1 saturated heterocycles. The van der Waals surface area contributed by atoms with Crippen LogP contribution < -0.4 is 10.2 Å². The van der Waals surface area contributed by atoms with Crippen molar-refractivity contribution in [2.24, 2.45) is 0 Å². The average Bonchev–Trinajstić information content (AvgIpc) is 2.71. The zero-order valence-corrected chi connectivity index (χ0v) is 16.8. The summed E-state index contributed by atoms with van der Waals surface area (Å²) >= 11 is 0. The Morgan fingerprint density at radius 3 is 2.45 bits per heavy atom. The van der Waals surface area contributed by atoms with E-state index in [4.69, 9.17) is 13.9 Å². The summed E-state index contributed by atoms with van der Waals surface area (Å²) in [6, 6.07) is 6.80. The number of aromatic hydroxyl groups is 3. The van der Waals surface area contributed by atoms with Crippen molar-refractivity contribution >= 4 is 11.0 Å². The molecule has 1 fully saturated rings. The smallest absolute Gasteiger partial charge is 0.197 e. The summed E-state index contributed by atoms with van der Waals surface area (Å²) in [6.45, 7) is 1.56. The third-order valence-corrected chi connectivity index (χ3v) is 5.51. The molecule has 3 aromatic rings. The van der Waals surface area contributed by atoms with Crippen molar-refractivity contribution in [3.05, 3.63) is 46.1 Å². The first-order valence-electron chi connectivity index (χ1n) is 9.63. The molecule has 1 aromatic heterocycles. The maximum absolute atomic E-state index is 12.8. The van der Waals surface area contributed by atoms with E-state index in [1.165, 1.54) is 25.3 Å². The minimum absolute atomic E-state index is 0.0626. The fourth-order valence-electron chi connectivity index (χ4n) is 3.86. The van der Waals surface area contributed by atoms with Gasteiger partial charge in [0, 0.05) is 24.1 Å². The molecule has 0 spiro atoms. The normalized spacial score (nSPS) is 23.7. The predicted octanol–water partition coefficient (Wildman–Crippen LogP) is 2.16. The molecule has 4 rings (SSSR count). The Morgan fingerprint density at radius 1 is 1.06 bits per heavy atom. The molecule has 1 aliphatic rings. The van der Waals surface area contributed by atoms with Crippen molar-refractivity contribution in [2.45, 2.75) is 37.8 Å². The fourth-order valence-corrected chi connectivity index (χ4v) is 3.86. The highest BCUT2D eigenvalue weighted by Gasteiger charge is 2.37. The zero-order chi connectivity index (χ0) is 22.4. The first-order valence-corrected chi connectivity index (χ1v) is 9.63. The second kappa shape index (κ2) is 7.77. The largest absolute Gasteiger partial charge is 0.507 e. The van der Waals surface area contributed by atoms with Gasteiger partial charge in [-0.2, -0.15) is 0 Å². The topological polar surface area (TPSA) is 150 Å². The number of fused-ring (bicyclic) bond motifs is 1. The highest BCUT2D eigenvalue weighted by atomic mass is 16.5. The molecule has 0 unspecified atom stereocenters. The fraction of sp³-hybridized carbons (Fsp3) is 0.318. The van der Waals surface area contributed by atoms with Crippen molar-refractivity contribution < 1.29 is 39.4 Å². The number of benzene rings is 2. The molecule has 0 aliphatic carbocycles. The van der Waals surface area contributed by atoms with E-state index in [1.807, 2.05) is 0 Å². The summed E-state index contributed by atoms with van der Waals surface area (Å²) in [6.07, 6.45) is -3.98. The number of hydrogen-bond acceptors (Lipinski definition) is 9. The number of aliphatic hydroxyl groups is 2. The van der Waals surface area contributed by atoms with Crippen molar-refractivity contribution in [3.8, 4) is 34.3 Å². The molecule has 9 heteroatoms. The zero-order valence-electron chi connectivity index (χ0n) is 16.8. The minimum atomic E-state index is -1.12. The highest BCUT2D eigenvalue weighted by molar-refractivity contribution is 5.88. The SMILES string of the molecule is COc1ccc(-c2cc(=O)c3c(O)c([C@H]4C[C@@H](O)[C@H](O)[C@@H](C)O4)c(O)cc3o2)cc1O. The van der Waals surface area contributed by atoms with Crippen molar-refractivity contribution in [3.63, 3.8) is 0 Å². The third-order valence-electron chi connectivity index (χ3n) is 5.51. The van der Waals surface area contributed by atoms with Crippen LogP contribution in [-0.4, -0.2) is 51.0 Å². The first kappa shape index (κ1) is 21.0. The number of phenolic OH excluding ortho intramolecular Hbond substituents is 3. The molecule has 5 N–H and O–H groups in total. The van der Waals surface area contributed by atoms with Crippen LogP contribution in [0, 0.1) is 0 Å². The molecule has 0 radical (unpaired) electrons. The van der Waals surface area contributed by atoms with Crippen LogP contribution in [0.15, 0.2) is 39.5 Å². The maximum Gasteiger partial charge on any atom is 0.197 e. The summed E-state index contributed by atoms with van der Waals surface area (Å²) in [7, 11) is 1.41. The van der Waals surface area contributed by atoms with Gasteiger partial charge in [0.15, 0.2) is 16.9 Å². The molecule has 4 atom stereocenters. The Hall–Kier alpha value is -3.27. The summed E-state index contributed by atoms with van der Waals surface area (Å²) in [5.41, 5.74) is -0.315. The van der Waals surface area contributed by atoms with E-state index in [0.717, 1.165) is 6.07 Å². The van der Waals surface area contributed by atoms with E-state index in [-0.39, 0.29) is 46.0 Å². The van der Waals surface area contributed by atoms with Crippen LogP contribution in [0.1, 0.15) is 25.0 Å². The molecule has 0 saturated carbocycles. The Bertz CT molecular complexity index is 1190. The van der Waals surface area contributed by atoms with Gasteiger partial charge in [0.25, 0.3) is 0 Å². The molecule has 2 aromatic carbocycles. The van der Waals surface area contributed by atoms with Gasteiger partial charge in [-0.25, -0.2) is 0 Å². The molecule has 0 bridgehead atoms. The van der Waals surface area contributed by atoms with Gasteiger partial charge in [0.05, 0.1) is 31.0 Å². The number of rotatable bonds is 3. The molecule has 164 valence electrons. The molecule has 31 heavy (non-hydrogen) atoms. The minimum Gasteiger partial charge on any atom is -0.507 e. The highest BCUT2D eigenvalue weighted by Crippen LogP contribution is 2.44. The van der Waals surface area contributed by atoms with E-state index in [9.17, 15) is 30.3 Å². The lowest BCUT2D eigenvalue weighted by Gasteiger charge is -2.36. The standard InChI is InChI=1S/C22H22O9/c1-9-21(27)14(26)8-17(30-9)19-13(25)7-18-20(22(19)28)12(24)6-16(31-18)10-3-4-15(29-2)11(23)5-10/h3-7,9,14,17,21,23,25-28H,8H2,1-2H3/t9-,14-,17-,21-/m1/s1. The van der Waals surface area contributed by atoms with Gasteiger partial charge in [-0.15, -0.1) is 0 Å². The molecule has 2 heterocycles. The lowest BCUT2D eigenvalue weighted by molar-refractivity contribution is -0.164. The van der Waals surface area contributed by atoms with Crippen molar-refractivity contribution in [1.29, 1.82) is 0 Å². The molecule has 9 nitrogen and oxygen atoms in total. The van der Waals surface area contributed by atoms with Crippen molar-refractivity contribution in [2.75, 3.05) is 7.11 Å². The van der Waals surface area contributed by atoms with Gasteiger partial charge < -0.3 is 39.4 Å². The van der Waals surface area contributed by atoms with Crippen LogP contribution in [0.5, 0.6) is 23.0 Å². The van der Waals surface area contributed by atoms with Gasteiger partial charge in [-0.3, -0.25) is 4.79 Å². The lowest BCUT2D eigenvalue weighted by Crippen LogP contribution is -2.43. The Labute approximate surface area is 176 Å². The van der Waals surface area contributed by atoms with Gasteiger partial charge in [0.1, 0.15) is 34.3 Å². The van der Waals surface area contributed by atoms with E-state index in [1.54, 1.807) is 13.0 Å². The number of phenols is 3. The number of hydrogen-bond donors (Lipinski definition) is 5. The van der Waals surface area contributed by atoms with E-state index >= 15 is 0 Å². The van der Waals surface area contributed by atoms with E-state index in [0.29, 0.717) is 5.56 Å². The van der Waals surface area contributed by atoms with Crippen LogP contribution in [0.2, 0.25) is 0 Å². The lowest BCUT2D eigenvalue weighted by atomic mass is 9.92. The Morgan fingerprint density at radius 2 is 1.81 bits per heavy atom. The van der Waals surface area contributed by atoms with Crippen LogP contribution >= 0.6 is 0 Å². The second-order valence-electron chi connectivity index (χ2n) is 7.52. The second-order valence-corrected chi connectivity index (χ2v) is 7.52. The van der Waals surface area contributed by atoms with E-state index < -0.39 is 35.6 Å². The molecular formula is C22H22O9. The summed E-state index contributed by atoms with van der Waals surface area (Å²) in [4.78, 5) is 12.8. The summed E-state index contributed by atoms with van der Waals surface area (Å²) in [5, 5.41) is 51.1. The first-order chi connectivity index (χ1) is 14.7. The van der Waals surface area contributed by atoms with Crippen LogP contribution in [0.25, 0.3) is 22.3 Å². The molecule has 0 amide bonds. The summed E-state index contributed by atoms with van der Waals surface area (Å²) in [5.74, 6) is -0.686. The number of aliphatic hydroxyl groups excluding tert-OH is 2. The quantitative estimate of drug-likeness (QED) is 0.421. The number of methoxy groups -OCH3 is 1. The summed E-state index contributed by atoms with van der Waals surface area (Å²) < 4.78 is 16.3. The molecule has 1 aliphatic heterocycles. The predicted molar refractivity (Wildman–Crippen MR) is 109 cm³/mol. The average molecular weight is 430 g/mol. The van der Waals surface area contributed by atoms with E-state index in [2.05, 4.69) is 0 Å². The van der Waals surface area contributed by atoms with Gasteiger partial charge >= 0.3 is 0 Å².